The molecule has 0 aliphatic carbocycles. The minimum atomic E-state index is -0.275. The predicted octanol–water partition coefficient (Wildman–Crippen LogP) is 3.79. The van der Waals surface area contributed by atoms with E-state index in [0.717, 1.165) is 9.77 Å². The highest BCUT2D eigenvalue weighted by atomic mass is 32.2. The maximum Gasteiger partial charge on any atom is 0.230 e. The van der Waals surface area contributed by atoms with E-state index in [2.05, 4.69) is 5.32 Å². The largest absolute Gasteiger partial charge is 0.374 e. The van der Waals surface area contributed by atoms with Gasteiger partial charge in [0.2, 0.25) is 5.91 Å². The molecule has 0 fully saturated rings. The van der Waals surface area contributed by atoms with Crippen molar-refractivity contribution in [3.05, 3.63) is 52.0 Å². The van der Waals surface area contributed by atoms with E-state index in [1.807, 2.05) is 19.1 Å². The molecule has 0 aliphatic rings. The van der Waals surface area contributed by atoms with Gasteiger partial charge in [-0.1, -0.05) is 0 Å². The summed E-state index contributed by atoms with van der Waals surface area (Å²) in [5.41, 5.74) is 0. The molecule has 1 aromatic carbocycles. The third-order valence-electron chi connectivity index (χ3n) is 3.03. The lowest BCUT2D eigenvalue weighted by atomic mass is 10.3. The van der Waals surface area contributed by atoms with Crippen LogP contribution in [0.3, 0.4) is 0 Å². The van der Waals surface area contributed by atoms with E-state index < -0.39 is 0 Å². The van der Waals surface area contributed by atoms with Crippen LogP contribution in [0.25, 0.3) is 0 Å². The fourth-order valence-corrected chi connectivity index (χ4v) is 3.55. The van der Waals surface area contributed by atoms with Crippen molar-refractivity contribution in [1.29, 1.82) is 0 Å². The molecular formula is C16H18FNO2S2. The molecule has 1 atom stereocenters. The monoisotopic (exact) mass is 339 g/mol. The van der Waals surface area contributed by atoms with Crippen LogP contribution in [0.2, 0.25) is 0 Å². The van der Waals surface area contributed by atoms with Crippen molar-refractivity contribution in [1.82, 2.24) is 5.32 Å². The highest BCUT2D eigenvalue weighted by Gasteiger charge is 2.14. The van der Waals surface area contributed by atoms with Crippen LogP contribution in [0.4, 0.5) is 4.39 Å². The number of aryl methyl sites for hydroxylation is 1. The van der Waals surface area contributed by atoms with Crippen molar-refractivity contribution < 1.29 is 13.9 Å². The molecule has 0 saturated heterocycles. The van der Waals surface area contributed by atoms with Crippen molar-refractivity contribution in [2.24, 2.45) is 0 Å². The molecule has 0 unspecified atom stereocenters. The minimum absolute atomic E-state index is 0.0651. The minimum Gasteiger partial charge on any atom is -0.374 e. The molecule has 1 aromatic heterocycles. The number of ether oxygens (including phenoxy) is 1. The van der Waals surface area contributed by atoms with Gasteiger partial charge in [0, 0.05) is 28.3 Å². The summed E-state index contributed by atoms with van der Waals surface area (Å²) < 4.78 is 18.2. The zero-order valence-electron chi connectivity index (χ0n) is 12.5. The molecule has 0 aliphatic heterocycles. The van der Waals surface area contributed by atoms with Gasteiger partial charge in [0.05, 0.1) is 5.75 Å². The molecule has 0 bridgehead atoms. The quantitative estimate of drug-likeness (QED) is 0.780. The Bertz CT molecular complexity index is 613. The maximum atomic E-state index is 12.8. The molecule has 6 heteroatoms. The first-order valence-electron chi connectivity index (χ1n) is 6.82. The van der Waals surface area contributed by atoms with Gasteiger partial charge in [-0.2, -0.15) is 0 Å². The van der Waals surface area contributed by atoms with Gasteiger partial charge in [-0.3, -0.25) is 4.79 Å². The molecule has 2 aromatic rings. The molecule has 1 N–H and O–H groups in total. The first-order valence-corrected chi connectivity index (χ1v) is 8.63. The number of thiophene rings is 1. The number of carbonyl (C=O) groups excluding carboxylic acids is 1. The van der Waals surface area contributed by atoms with Crippen LogP contribution in [0.15, 0.2) is 41.3 Å². The topological polar surface area (TPSA) is 38.3 Å². The zero-order chi connectivity index (χ0) is 15.9. The van der Waals surface area contributed by atoms with Crippen LogP contribution < -0.4 is 5.32 Å². The van der Waals surface area contributed by atoms with E-state index in [4.69, 9.17) is 4.74 Å². The van der Waals surface area contributed by atoms with Gasteiger partial charge < -0.3 is 10.1 Å². The maximum absolute atomic E-state index is 12.8. The summed E-state index contributed by atoms with van der Waals surface area (Å²) in [7, 11) is 1.64. The summed E-state index contributed by atoms with van der Waals surface area (Å²) in [5.74, 6) is -0.0430. The number of methoxy groups -OCH3 is 1. The highest BCUT2D eigenvalue weighted by Crippen LogP contribution is 2.24. The molecule has 1 heterocycles. The average molecular weight is 339 g/mol. The lowest BCUT2D eigenvalue weighted by Gasteiger charge is -2.14. The van der Waals surface area contributed by atoms with Crippen molar-refractivity contribution in [2.75, 3.05) is 19.4 Å². The van der Waals surface area contributed by atoms with Gasteiger partial charge in [-0.15, -0.1) is 23.1 Å². The number of thioether (sulfide) groups is 1. The van der Waals surface area contributed by atoms with Gasteiger partial charge in [-0.05, 0) is 43.3 Å². The number of rotatable bonds is 7. The first-order chi connectivity index (χ1) is 10.6. The summed E-state index contributed by atoms with van der Waals surface area (Å²) in [6, 6.07) is 10.2. The average Bonchev–Trinajstić information content (AvgIpc) is 2.94. The number of nitrogens with one attached hydrogen (secondary N) is 1. The Labute approximate surface area is 137 Å². The standard InChI is InChI=1S/C16H18FNO2S2/c1-11-3-8-15(22-11)14(20-2)9-18-16(19)10-21-13-6-4-12(17)5-7-13/h3-8,14H,9-10H2,1-2H3,(H,18,19)/t14-/m0/s1. The molecule has 3 nitrogen and oxygen atoms in total. The van der Waals surface area contributed by atoms with Crippen molar-refractivity contribution in [2.45, 2.75) is 17.9 Å². The van der Waals surface area contributed by atoms with Crippen LogP contribution >= 0.6 is 23.1 Å². The number of benzene rings is 1. The van der Waals surface area contributed by atoms with E-state index >= 15 is 0 Å². The number of amides is 1. The second-order valence-corrected chi connectivity index (χ2v) is 7.09. The van der Waals surface area contributed by atoms with Gasteiger partial charge in [0.1, 0.15) is 11.9 Å². The summed E-state index contributed by atoms with van der Waals surface area (Å²) in [4.78, 5) is 15.1. The summed E-state index contributed by atoms with van der Waals surface area (Å²) in [6.07, 6.45) is -0.126. The smallest absolute Gasteiger partial charge is 0.230 e. The Morgan fingerprint density at radius 2 is 2.05 bits per heavy atom. The highest BCUT2D eigenvalue weighted by molar-refractivity contribution is 8.00. The van der Waals surface area contributed by atoms with E-state index in [0.29, 0.717) is 12.3 Å². The molecule has 0 saturated carbocycles. The molecule has 118 valence electrons. The number of hydrogen-bond donors (Lipinski definition) is 1. The molecule has 22 heavy (non-hydrogen) atoms. The molecular weight excluding hydrogens is 321 g/mol. The van der Waals surface area contributed by atoms with Crippen LogP contribution in [-0.4, -0.2) is 25.3 Å². The number of hydrogen-bond acceptors (Lipinski definition) is 4. The Morgan fingerprint density at radius 1 is 1.32 bits per heavy atom. The third-order valence-corrected chi connectivity index (χ3v) is 5.14. The van der Waals surface area contributed by atoms with Crippen molar-refractivity contribution in [3.8, 4) is 0 Å². The molecule has 2 rings (SSSR count). The summed E-state index contributed by atoms with van der Waals surface area (Å²) in [5, 5.41) is 2.87. The van der Waals surface area contributed by atoms with E-state index in [9.17, 15) is 9.18 Å². The SMILES string of the molecule is CO[C@@H](CNC(=O)CSc1ccc(F)cc1)c1ccc(C)s1. The molecule has 1 amide bonds. The van der Waals surface area contributed by atoms with Gasteiger partial charge in [0.25, 0.3) is 0 Å². The van der Waals surface area contributed by atoms with Crippen LogP contribution in [0.5, 0.6) is 0 Å². The number of carbonyl (C=O) groups is 1. The van der Waals surface area contributed by atoms with E-state index in [-0.39, 0.29) is 17.8 Å². The Hall–Kier alpha value is -1.37. The van der Waals surface area contributed by atoms with Gasteiger partial charge in [-0.25, -0.2) is 4.39 Å². The first kappa shape index (κ1) is 17.0. The second-order valence-electron chi connectivity index (χ2n) is 4.72. The van der Waals surface area contributed by atoms with Crippen LogP contribution in [0.1, 0.15) is 15.9 Å². The number of halogens is 1. The lowest BCUT2D eigenvalue weighted by Crippen LogP contribution is -2.30. The van der Waals surface area contributed by atoms with Crippen molar-refractivity contribution >= 4 is 29.0 Å². The van der Waals surface area contributed by atoms with E-state index in [1.54, 1.807) is 30.6 Å². The van der Waals surface area contributed by atoms with Gasteiger partial charge >= 0.3 is 0 Å². The lowest BCUT2D eigenvalue weighted by molar-refractivity contribution is -0.119. The normalized spacial score (nSPS) is 12.1. The van der Waals surface area contributed by atoms with E-state index in [1.165, 1.54) is 28.8 Å². The van der Waals surface area contributed by atoms with Crippen LogP contribution in [-0.2, 0) is 9.53 Å². The zero-order valence-corrected chi connectivity index (χ0v) is 14.1. The Balaban J connectivity index is 1.78. The summed E-state index contributed by atoms with van der Waals surface area (Å²) in [6.45, 7) is 2.48. The fraction of sp³-hybridized carbons (Fsp3) is 0.312. The van der Waals surface area contributed by atoms with Crippen LogP contribution in [0, 0.1) is 12.7 Å². The Morgan fingerprint density at radius 3 is 2.64 bits per heavy atom. The molecule has 0 radical (unpaired) electrons. The molecule has 0 spiro atoms. The van der Waals surface area contributed by atoms with Gasteiger partial charge in [0.15, 0.2) is 0 Å². The Kier molecular flexibility index (Phi) is 6.42. The second kappa shape index (κ2) is 8.31. The third kappa shape index (κ3) is 5.12. The van der Waals surface area contributed by atoms with Crippen molar-refractivity contribution in [3.63, 3.8) is 0 Å². The predicted molar refractivity (Wildman–Crippen MR) is 88.9 cm³/mol. The fourth-order valence-electron chi connectivity index (χ4n) is 1.86. The summed E-state index contributed by atoms with van der Waals surface area (Å²) >= 11 is 3.05.